The summed E-state index contributed by atoms with van der Waals surface area (Å²) in [5.74, 6) is -0.514. The highest BCUT2D eigenvalue weighted by molar-refractivity contribution is 5.91. The number of hydrogen-bond donors (Lipinski definition) is 2. The zero-order valence-electron chi connectivity index (χ0n) is 21.3. The lowest BCUT2D eigenvalue weighted by Crippen LogP contribution is -2.52. The number of carbonyl (C=O) groups excluding carboxylic acids is 3. The van der Waals surface area contributed by atoms with Gasteiger partial charge in [-0.1, -0.05) is 69.9 Å². The van der Waals surface area contributed by atoms with Crippen LogP contribution in [0.4, 0.5) is 4.79 Å². The Hall–Kier alpha value is -2.57. The smallest absolute Gasteiger partial charge is 0.408 e. The van der Waals surface area contributed by atoms with Crippen molar-refractivity contribution in [1.82, 2.24) is 15.5 Å². The van der Waals surface area contributed by atoms with Crippen molar-refractivity contribution in [3.05, 3.63) is 35.9 Å². The minimum absolute atomic E-state index is 0.206. The molecule has 2 unspecified atom stereocenters. The molecule has 0 aromatic heterocycles. The first-order valence-corrected chi connectivity index (χ1v) is 12.2. The van der Waals surface area contributed by atoms with Crippen LogP contribution in [0, 0.1) is 0 Å². The van der Waals surface area contributed by atoms with Crippen LogP contribution in [-0.4, -0.2) is 47.5 Å². The van der Waals surface area contributed by atoms with E-state index in [1.54, 1.807) is 32.6 Å². The van der Waals surface area contributed by atoms with Gasteiger partial charge >= 0.3 is 6.09 Å². The number of benzene rings is 1. The van der Waals surface area contributed by atoms with Gasteiger partial charge in [0.2, 0.25) is 11.8 Å². The molecule has 2 N–H and O–H groups in total. The number of rotatable bonds is 13. The van der Waals surface area contributed by atoms with Crippen LogP contribution >= 0.6 is 0 Å². The average Bonchev–Trinajstić information content (AvgIpc) is 2.74. The Balaban J connectivity index is 3.16. The van der Waals surface area contributed by atoms with Crippen molar-refractivity contribution in [3.63, 3.8) is 0 Å². The number of nitrogens with zero attached hydrogens (tertiary/aromatic N) is 1. The van der Waals surface area contributed by atoms with Crippen molar-refractivity contribution in [2.24, 2.45) is 0 Å². The van der Waals surface area contributed by atoms with Crippen molar-refractivity contribution >= 4 is 17.9 Å². The molecular weight excluding hydrogens is 418 g/mol. The summed E-state index contributed by atoms with van der Waals surface area (Å²) in [6, 6.07) is 7.74. The molecule has 33 heavy (non-hydrogen) atoms. The predicted octanol–water partition coefficient (Wildman–Crippen LogP) is 4.97. The largest absolute Gasteiger partial charge is 0.444 e. The van der Waals surface area contributed by atoms with Gasteiger partial charge in [-0.2, -0.15) is 0 Å². The second-order valence-corrected chi connectivity index (χ2v) is 9.42. The highest BCUT2D eigenvalue weighted by atomic mass is 16.6. The van der Waals surface area contributed by atoms with Gasteiger partial charge in [0.05, 0.1) is 0 Å². The fourth-order valence-electron chi connectivity index (χ4n) is 3.46. The van der Waals surface area contributed by atoms with Crippen molar-refractivity contribution in [2.45, 2.75) is 97.8 Å². The van der Waals surface area contributed by atoms with E-state index in [1.165, 1.54) is 0 Å². The number of unbranched alkanes of at least 4 members (excludes halogenated alkanes) is 4. The molecule has 0 bridgehead atoms. The Kier molecular flexibility index (Phi) is 12.6. The topological polar surface area (TPSA) is 87.7 Å². The van der Waals surface area contributed by atoms with Gasteiger partial charge in [0.25, 0.3) is 0 Å². The number of hydrogen-bond acceptors (Lipinski definition) is 4. The number of amides is 3. The fourth-order valence-corrected chi connectivity index (χ4v) is 3.46. The Labute approximate surface area is 199 Å². The van der Waals surface area contributed by atoms with E-state index in [1.807, 2.05) is 30.3 Å². The van der Waals surface area contributed by atoms with Crippen LogP contribution in [-0.2, 0) is 14.3 Å². The molecule has 7 nitrogen and oxygen atoms in total. The van der Waals surface area contributed by atoms with Gasteiger partial charge in [0, 0.05) is 13.1 Å². The standard InChI is InChI=1S/C26H43N3O4/c1-7-9-11-15-19-29(24(31)20(3)28-25(32)33-26(4,5)6)22(21-16-13-12-14-17-21)23(30)27-18-10-8-2/h12-14,16-17,20,22H,7-11,15,18-19H2,1-6H3,(H,27,30)(H,28,32). The Morgan fingerprint density at radius 3 is 2.18 bits per heavy atom. The normalized spacial score (nSPS) is 13.0. The molecule has 1 rings (SSSR count). The van der Waals surface area contributed by atoms with E-state index in [0.717, 1.165) is 44.1 Å². The van der Waals surface area contributed by atoms with Gasteiger partial charge in [-0.25, -0.2) is 4.79 Å². The summed E-state index contributed by atoms with van der Waals surface area (Å²) in [6.45, 7) is 12.1. The number of ether oxygens (including phenoxy) is 1. The lowest BCUT2D eigenvalue weighted by Gasteiger charge is -2.33. The van der Waals surface area contributed by atoms with Gasteiger partial charge in [-0.15, -0.1) is 0 Å². The van der Waals surface area contributed by atoms with Crippen LogP contribution in [0.25, 0.3) is 0 Å². The van der Waals surface area contributed by atoms with E-state index < -0.39 is 23.8 Å². The molecule has 0 saturated heterocycles. The van der Waals surface area contributed by atoms with Crippen LogP contribution in [0.2, 0.25) is 0 Å². The molecule has 0 heterocycles. The molecule has 0 radical (unpaired) electrons. The number of carbonyl (C=O) groups is 3. The molecule has 0 aliphatic rings. The summed E-state index contributed by atoms with van der Waals surface area (Å²) in [6.07, 6.45) is 5.06. The first kappa shape index (κ1) is 28.5. The van der Waals surface area contributed by atoms with Crippen LogP contribution in [0.1, 0.15) is 91.7 Å². The van der Waals surface area contributed by atoms with Crippen molar-refractivity contribution < 1.29 is 19.1 Å². The molecule has 186 valence electrons. The molecule has 1 aromatic rings. The second kappa shape index (κ2) is 14.6. The van der Waals surface area contributed by atoms with Gasteiger partial charge in [0.1, 0.15) is 17.7 Å². The molecule has 0 saturated carbocycles. The van der Waals surface area contributed by atoms with E-state index >= 15 is 0 Å². The average molecular weight is 462 g/mol. The first-order chi connectivity index (χ1) is 15.6. The molecule has 0 aliphatic carbocycles. The second-order valence-electron chi connectivity index (χ2n) is 9.42. The molecule has 0 aliphatic heterocycles. The van der Waals surface area contributed by atoms with Crippen LogP contribution < -0.4 is 10.6 Å². The molecule has 0 spiro atoms. The third-order valence-electron chi connectivity index (χ3n) is 5.14. The van der Waals surface area contributed by atoms with Gasteiger partial charge in [-0.05, 0) is 46.1 Å². The minimum Gasteiger partial charge on any atom is -0.444 e. The maximum atomic E-state index is 13.5. The third kappa shape index (κ3) is 10.7. The summed E-state index contributed by atoms with van der Waals surface area (Å²) in [5, 5.41) is 5.62. The van der Waals surface area contributed by atoms with E-state index in [4.69, 9.17) is 4.74 Å². The van der Waals surface area contributed by atoms with Gasteiger partial charge in [-0.3, -0.25) is 9.59 Å². The predicted molar refractivity (Wildman–Crippen MR) is 132 cm³/mol. The minimum atomic E-state index is -0.833. The molecular formula is C26H43N3O4. The Morgan fingerprint density at radius 2 is 1.61 bits per heavy atom. The van der Waals surface area contributed by atoms with E-state index in [0.29, 0.717) is 13.1 Å². The number of alkyl carbamates (subject to hydrolysis) is 1. The molecule has 0 fully saturated rings. The SMILES string of the molecule is CCCCCCN(C(=O)C(C)NC(=O)OC(C)(C)C)C(C(=O)NCCCC)c1ccccc1. The Morgan fingerprint density at radius 1 is 0.970 bits per heavy atom. The zero-order chi connectivity index (χ0) is 24.9. The Bertz CT molecular complexity index is 731. The van der Waals surface area contributed by atoms with E-state index in [2.05, 4.69) is 24.5 Å². The summed E-state index contributed by atoms with van der Waals surface area (Å²) >= 11 is 0. The lowest BCUT2D eigenvalue weighted by atomic mass is 10.0. The summed E-state index contributed by atoms with van der Waals surface area (Å²) < 4.78 is 5.31. The summed E-state index contributed by atoms with van der Waals surface area (Å²) in [7, 11) is 0. The van der Waals surface area contributed by atoms with Crippen LogP contribution in [0.3, 0.4) is 0 Å². The quantitative estimate of drug-likeness (QED) is 0.406. The highest BCUT2D eigenvalue weighted by Crippen LogP contribution is 2.23. The molecule has 3 amide bonds. The number of nitrogens with one attached hydrogen (secondary N) is 2. The molecule has 7 heteroatoms. The van der Waals surface area contributed by atoms with Crippen LogP contribution in [0.15, 0.2) is 30.3 Å². The van der Waals surface area contributed by atoms with Gasteiger partial charge in [0.15, 0.2) is 0 Å². The van der Waals surface area contributed by atoms with Crippen molar-refractivity contribution in [3.8, 4) is 0 Å². The zero-order valence-corrected chi connectivity index (χ0v) is 21.3. The van der Waals surface area contributed by atoms with Crippen LogP contribution in [0.5, 0.6) is 0 Å². The summed E-state index contributed by atoms with van der Waals surface area (Å²) in [4.78, 5) is 40.7. The van der Waals surface area contributed by atoms with Crippen molar-refractivity contribution in [2.75, 3.05) is 13.1 Å². The molecule has 1 aromatic carbocycles. The van der Waals surface area contributed by atoms with Crippen molar-refractivity contribution in [1.29, 1.82) is 0 Å². The molecule has 2 atom stereocenters. The van der Waals surface area contributed by atoms with Gasteiger partial charge < -0.3 is 20.3 Å². The van der Waals surface area contributed by atoms with E-state index in [-0.39, 0.29) is 11.8 Å². The lowest BCUT2D eigenvalue weighted by molar-refractivity contribution is -0.142. The maximum Gasteiger partial charge on any atom is 0.408 e. The fraction of sp³-hybridized carbons (Fsp3) is 0.654. The first-order valence-electron chi connectivity index (χ1n) is 12.2. The highest BCUT2D eigenvalue weighted by Gasteiger charge is 2.34. The van der Waals surface area contributed by atoms with E-state index in [9.17, 15) is 14.4 Å². The maximum absolute atomic E-state index is 13.5. The monoisotopic (exact) mass is 461 g/mol. The third-order valence-corrected chi connectivity index (χ3v) is 5.14. The summed E-state index contributed by atoms with van der Waals surface area (Å²) in [5.41, 5.74) is 0.0816.